The molecule has 0 N–H and O–H groups in total. The van der Waals surface area contributed by atoms with Crippen LogP contribution < -0.4 is 24.8 Å². The standard InChI is InChI=1S/C29H41.C26H29.2ClH.Zr/c1-26(2,3)22-14-18-13-19-15-23(27(4,5)6)25(29(10,11)12)17-21(19)20(18)16-24(22)28(7,8)9;1-5-6-13-19-18-22-24(25(2,3)4)23(19)26(22,20-14-9-7-10-15-20)21-16-11-8-12-17-21;;;/h13-17H,1-12H3;7-12,14-17,19H,5-6,13H2,1-4H3;2*1H;/q;;;;+2/p-2. The summed E-state index contributed by atoms with van der Waals surface area (Å²) in [5, 5.41) is 0. The zero-order chi connectivity index (χ0) is 41.0. The number of benzene rings is 4. The van der Waals surface area contributed by atoms with Gasteiger partial charge in [0.25, 0.3) is 0 Å². The Morgan fingerprint density at radius 1 is 0.517 bits per heavy atom. The molecular weight excluding hydrogens is 823 g/mol. The van der Waals surface area contributed by atoms with Crippen molar-refractivity contribution in [1.82, 2.24) is 0 Å². The van der Waals surface area contributed by atoms with Gasteiger partial charge in [0.2, 0.25) is 0 Å². The number of rotatable bonds is 7. The largest absolute Gasteiger partial charge is 1.00 e. The van der Waals surface area contributed by atoms with E-state index in [0.717, 1.165) is 0 Å². The van der Waals surface area contributed by atoms with Crippen molar-refractivity contribution < 1.29 is 48.0 Å². The topological polar surface area (TPSA) is 0 Å². The minimum Gasteiger partial charge on any atom is -1.00 e. The Hall–Kier alpha value is -2.18. The Morgan fingerprint density at radius 3 is 1.24 bits per heavy atom. The summed E-state index contributed by atoms with van der Waals surface area (Å²) in [4.78, 5) is 0. The van der Waals surface area contributed by atoms with Crippen LogP contribution in [0.5, 0.6) is 0 Å². The van der Waals surface area contributed by atoms with Gasteiger partial charge in [-0.2, -0.15) is 0 Å². The van der Waals surface area contributed by atoms with Crippen LogP contribution in [0.3, 0.4) is 0 Å². The number of hydrogen-bond acceptors (Lipinski definition) is 0. The molecule has 3 heteroatoms. The van der Waals surface area contributed by atoms with E-state index >= 15 is 0 Å². The maximum Gasteiger partial charge on any atom is -1.00 e. The minimum atomic E-state index is -1.31. The third-order valence-electron chi connectivity index (χ3n) is 13.1. The average Bonchev–Trinajstić information content (AvgIpc) is 3.68. The SMILES string of the molecule is CCCCC1[C]([Zr+2][CH]2c3cc(C(C)(C)C)c(C(C)(C)C)cc3-c3cc(C(C)(C)C)c(C(C)(C)C)cc32)=C2C(C(C)(C)C)=C1C2(c1ccccc1)c1ccccc1.[Cl-].[Cl-]. The first-order valence-corrected chi connectivity index (χ1v) is 24.3. The van der Waals surface area contributed by atoms with E-state index in [9.17, 15) is 0 Å². The second kappa shape index (κ2) is 15.9. The second-order valence-electron chi connectivity index (χ2n) is 22.6. The molecule has 4 aromatic carbocycles. The molecule has 0 saturated heterocycles. The molecule has 0 amide bonds. The Labute approximate surface area is 378 Å². The van der Waals surface area contributed by atoms with Crippen molar-refractivity contribution in [3.63, 3.8) is 0 Å². The van der Waals surface area contributed by atoms with Crippen LogP contribution in [0, 0.1) is 11.3 Å². The zero-order valence-electron chi connectivity index (χ0n) is 38.6. The quantitative estimate of drug-likeness (QED) is 0.174. The van der Waals surface area contributed by atoms with Gasteiger partial charge in [-0.3, -0.25) is 0 Å². The van der Waals surface area contributed by atoms with E-state index in [-0.39, 0.29) is 57.3 Å². The van der Waals surface area contributed by atoms with Crippen LogP contribution in [0.15, 0.2) is 105 Å². The first kappa shape index (κ1) is 46.9. The fourth-order valence-corrected chi connectivity index (χ4v) is 15.6. The van der Waals surface area contributed by atoms with Crippen molar-refractivity contribution in [2.75, 3.05) is 0 Å². The molecule has 4 aliphatic rings. The van der Waals surface area contributed by atoms with Gasteiger partial charge in [0.15, 0.2) is 0 Å². The van der Waals surface area contributed by atoms with Crippen LogP contribution in [-0.2, 0) is 50.3 Å². The molecule has 308 valence electrons. The van der Waals surface area contributed by atoms with Crippen molar-refractivity contribution >= 4 is 0 Å². The molecule has 0 heterocycles. The summed E-state index contributed by atoms with van der Waals surface area (Å²) in [6, 6.07) is 34.0. The summed E-state index contributed by atoms with van der Waals surface area (Å²) in [7, 11) is 0. The first-order valence-electron chi connectivity index (χ1n) is 21.7. The van der Waals surface area contributed by atoms with E-state index in [4.69, 9.17) is 0 Å². The molecule has 0 radical (unpaired) electrons. The molecule has 0 fully saturated rings. The fraction of sp³-hybridized carbons (Fsp3) is 0.491. The van der Waals surface area contributed by atoms with Crippen molar-refractivity contribution in [3.8, 4) is 11.1 Å². The molecule has 0 nitrogen and oxygen atoms in total. The molecular formula is C55H70Cl2Zr. The average molecular weight is 893 g/mol. The van der Waals surface area contributed by atoms with Crippen LogP contribution in [-0.4, -0.2) is 0 Å². The van der Waals surface area contributed by atoms with E-state index in [1.54, 1.807) is 27.8 Å². The summed E-state index contributed by atoms with van der Waals surface area (Å²) in [6.07, 6.45) is 3.76. The van der Waals surface area contributed by atoms with Gasteiger partial charge >= 0.3 is 356 Å². The number of halogens is 2. The van der Waals surface area contributed by atoms with E-state index in [0.29, 0.717) is 9.54 Å². The van der Waals surface area contributed by atoms with Gasteiger partial charge in [-0.05, 0) is 0 Å². The Kier molecular flexibility index (Phi) is 12.9. The van der Waals surface area contributed by atoms with Crippen LogP contribution in [0.25, 0.3) is 11.1 Å². The second-order valence-corrected chi connectivity index (χ2v) is 26.0. The Bertz CT molecular complexity index is 2100. The molecule has 4 aliphatic carbocycles. The molecule has 1 atom stereocenters. The van der Waals surface area contributed by atoms with Crippen LogP contribution >= 0.6 is 0 Å². The maximum absolute atomic E-state index is 2.73. The summed E-state index contributed by atoms with van der Waals surface area (Å²) in [6.45, 7) is 39.0. The van der Waals surface area contributed by atoms with E-state index < -0.39 is 23.2 Å². The van der Waals surface area contributed by atoms with Crippen molar-refractivity contribution in [2.45, 2.75) is 161 Å². The normalized spacial score (nSPS) is 17.6. The van der Waals surface area contributed by atoms with Crippen LogP contribution in [0.2, 0.25) is 0 Å². The number of allylic oxidation sites excluding steroid dienone is 4. The first-order chi connectivity index (χ1) is 25.9. The molecule has 1 unspecified atom stereocenters. The van der Waals surface area contributed by atoms with Gasteiger partial charge in [-0.1, -0.05) is 0 Å². The zero-order valence-corrected chi connectivity index (χ0v) is 42.6. The fourth-order valence-electron chi connectivity index (χ4n) is 10.6. The predicted octanol–water partition coefficient (Wildman–Crippen LogP) is 9.45. The predicted molar refractivity (Wildman–Crippen MR) is 239 cm³/mol. The summed E-state index contributed by atoms with van der Waals surface area (Å²) >= 11 is -1.31. The Balaban J connectivity index is 0.00000320. The number of fused-ring (bicyclic) bond motifs is 4. The number of unbranched alkanes of at least 4 members (excludes halogenated alkanes) is 1. The van der Waals surface area contributed by atoms with E-state index in [2.05, 4.69) is 196 Å². The molecule has 58 heavy (non-hydrogen) atoms. The Morgan fingerprint density at radius 2 is 0.897 bits per heavy atom. The van der Waals surface area contributed by atoms with Crippen molar-refractivity contribution in [1.29, 1.82) is 0 Å². The maximum atomic E-state index is 2.73. The van der Waals surface area contributed by atoms with Crippen LogP contribution in [0.4, 0.5) is 0 Å². The summed E-state index contributed by atoms with van der Waals surface area (Å²) in [5.74, 6) is 0.519. The third kappa shape index (κ3) is 7.68. The third-order valence-corrected chi connectivity index (χ3v) is 17.6. The van der Waals surface area contributed by atoms with E-state index in [1.807, 2.05) is 3.28 Å². The van der Waals surface area contributed by atoms with Crippen molar-refractivity contribution in [2.24, 2.45) is 11.3 Å². The minimum absolute atomic E-state index is 0. The molecule has 0 aromatic heterocycles. The molecule has 0 saturated carbocycles. The molecule has 0 spiro atoms. The van der Waals surface area contributed by atoms with Gasteiger partial charge in [0.1, 0.15) is 0 Å². The monoisotopic (exact) mass is 890 g/mol. The smallest absolute Gasteiger partial charge is 1.00 e. The van der Waals surface area contributed by atoms with Gasteiger partial charge in [-0.25, -0.2) is 0 Å². The van der Waals surface area contributed by atoms with Gasteiger partial charge in [-0.15, -0.1) is 0 Å². The molecule has 0 aliphatic heterocycles. The van der Waals surface area contributed by atoms with Gasteiger partial charge in [0, 0.05) is 0 Å². The molecule has 2 bridgehead atoms. The van der Waals surface area contributed by atoms with E-state index in [1.165, 1.54) is 63.8 Å². The number of hydrogen-bond donors (Lipinski definition) is 0. The van der Waals surface area contributed by atoms with Gasteiger partial charge in [0.05, 0.1) is 0 Å². The molecule has 8 rings (SSSR count). The van der Waals surface area contributed by atoms with Gasteiger partial charge < -0.3 is 24.8 Å². The molecule has 4 aromatic rings. The summed E-state index contributed by atoms with van der Waals surface area (Å²) < 4.78 is 2.35. The van der Waals surface area contributed by atoms with Crippen LogP contribution in [0.1, 0.15) is 178 Å². The summed E-state index contributed by atoms with van der Waals surface area (Å²) in [5.41, 5.74) is 20.5. The van der Waals surface area contributed by atoms with Crippen molar-refractivity contribution in [3.05, 3.63) is 149 Å².